The molecule has 74 heavy (non-hydrogen) atoms. The Kier molecular flexibility index (Phi) is 14.3. The maximum atomic E-state index is 6.73. The van der Waals surface area contributed by atoms with Crippen molar-refractivity contribution in [1.82, 2.24) is 14.5 Å². The molecule has 0 atom stereocenters. The van der Waals surface area contributed by atoms with E-state index in [0.29, 0.717) is 5.92 Å². The van der Waals surface area contributed by atoms with Gasteiger partial charge in [-0.25, -0.2) is 0 Å². The van der Waals surface area contributed by atoms with Gasteiger partial charge in [0, 0.05) is 31.2 Å². The Morgan fingerprint density at radius 1 is 0.541 bits per heavy atom. The number of aromatic nitrogens is 3. The summed E-state index contributed by atoms with van der Waals surface area (Å²) in [7, 11) is 0. The van der Waals surface area contributed by atoms with Gasteiger partial charge in [-0.05, 0) is 75.5 Å². The molecule has 12 rings (SSSR count). The standard InChI is InChI=1S/C43H35N2O.C24H26GeNO.Ir/c1-27(2)36-24-32(30-16-9-6-10-17-30)25-37(28(3)4)41(36)45-39-21-12-11-20-38(39)44-43(45)35-19-13-18-34-33-23-22-31(26-40(33)46-42(34)35)29-14-7-5-8-15-29;1-16(2)13-17-14-22(26-15-21(17)25(3,4)5)20-11-8-10-19-18-9-6-7-12-23(18)27-24(19)20;/h5-18,20-28H,1-4H3;6-10,12,14-16H,13H2,1-5H3;/q2*-1;. The van der Waals surface area contributed by atoms with Crippen LogP contribution in [0.1, 0.15) is 70.1 Å². The average Bonchev–Trinajstić information content (AvgIpc) is 4.10. The van der Waals surface area contributed by atoms with Crippen LogP contribution in [0.25, 0.3) is 105 Å². The minimum Gasteiger partial charge on any atom is -0.501 e. The topological polar surface area (TPSA) is 57.0 Å². The summed E-state index contributed by atoms with van der Waals surface area (Å²) in [4.78, 5) is 10.2. The molecule has 0 fully saturated rings. The van der Waals surface area contributed by atoms with Gasteiger partial charge in [-0.1, -0.05) is 124 Å². The van der Waals surface area contributed by atoms with E-state index >= 15 is 0 Å². The van der Waals surface area contributed by atoms with E-state index in [1.807, 2.05) is 30.3 Å². The molecule has 1 radical (unpaired) electrons. The Hall–Kier alpha value is -6.83. The summed E-state index contributed by atoms with van der Waals surface area (Å²) in [5.74, 6) is 9.34. The summed E-state index contributed by atoms with van der Waals surface area (Å²) >= 11 is -1.98. The second-order valence-electron chi connectivity index (χ2n) is 21.5. The molecule has 0 saturated heterocycles. The van der Waals surface area contributed by atoms with Crippen LogP contribution in [0.15, 0.2) is 185 Å². The summed E-state index contributed by atoms with van der Waals surface area (Å²) in [6.45, 7) is 13.7. The average molecular weight is 1210 g/mol. The van der Waals surface area contributed by atoms with Crippen LogP contribution in [-0.2, 0) is 26.5 Å². The van der Waals surface area contributed by atoms with Gasteiger partial charge < -0.3 is 8.98 Å². The third-order valence-electron chi connectivity index (χ3n) is 14.1. The first-order valence-electron chi connectivity index (χ1n) is 25.8. The number of hydrogen-bond donors (Lipinski definition) is 0. The molecule has 0 spiro atoms. The van der Waals surface area contributed by atoms with Crippen LogP contribution >= 0.6 is 0 Å². The number of imidazole rings is 1. The molecular formula is C67H61GeIrN3O2-2. The zero-order valence-electron chi connectivity index (χ0n) is 43.7. The van der Waals surface area contributed by atoms with Gasteiger partial charge in [-0.3, -0.25) is 4.98 Å². The summed E-state index contributed by atoms with van der Waals surface area (Å²) in [6, 6.07) is 66.4. The minimum absolute atomic E-state index is 0. The first kappa shape index (κ1) is 50.7. The molecular weight excluding hydrogens is 1140 g/mol. The van der Waals surface area contributed by atoms with Crippen LogP contribution in [0.2, 0.25) is 17.3 Å². The van der Waals surface area contributed by atoms with Gasteiger partial charge in [0.2, 0.25) is 0 Å². The Bertz CT molecular complexity index is 3940. The van der Waals surface area contributed by atoms with Crippen molar-refractivity contribution in [2.24, 2.45) is 5.92 Å². The van der Waals surface area contributed by atoms with Crippen molar-refractivity contribution >= 4 is 72.6 Å². The molecule has 0 aliphatic carbocycles. The van der Waals surface area contributed by atoms with Gasteiger partial charge in [0.1, 0.15) is 5.58 Å². The molecule has 0 unspecified atom stereocenters. The largest absolute Gasteiger partial charge is 0.501 e. The molecule has 0 saturated carbocycles. The van der Waals surface area contributed by atoms with E-state index in [1.165, 1.54) is 43.5 Å². The number of furan rings is 2. The molecule has 0 N–H and O–H groups in total. The fourth-order valence-electron chi connectivity index (χ4n) is 10.6. The van der Waals surface area contributed by atoms with Crippen LogP contribution in [0.3, 0.4) is 0 Å². The molecule has 4 aromatic heterocycles. The second-order valence-corrected chi connectivity index (χ2v) is 32.1. The Morgan fingerprint density at radius 3 is 1.76 bits per heavy atom. The fourth-order valence-corrected chi connectivity index (χ4v) is 13.9. The van der Waals surface area contributed by atoms with Crippen molar-refractivity contribution in [2.75, 3.05) is 0 Å². The van der Waals surface area contributed by atoms with Crippen molar-refractivity contribution in [1.29, 1.82) is 0 Å². The van der Waals surface area contributed by atoms with Crippen LogP contribution in [-0.4, -0.2) is 27.8 Å². The number of fused-ring (bicyclic) bond motifs is 7. The molecule has 8 aromatic carbocycles. The maximum absolute atomic E-state index is 6.73. The second kappa shape index (κ2) is 20.8. The van der Waals surface area contributed by atoms with Gasteiger partial charge in [0.05, 0.1) is 22.4 Å². The van der Waals surface area contributed by atoms with E-state index in [-0.39, 0.29) is 31.9 Å². The molecule has 371 valence electrons. The zero-order valence-corrected chi connectivity index (χ0v) is 48.2. The number of nitrogens with zero attached hydrogens (tertiary/aromatic N) is 3. The first-order chi connectivity index (χ1) is 35.3. The molecule has 0 amide bonds. The van der Waals surface area contributed by atoms with Gasteiger partial charge >= 0.3 is 164 Å². The summed E-state index contributed by atoms with van der Waals surface area (Å²) < 4.78 is 16.8. The normalized spacial score (nSPS) is 11.9. The van der Waals surface area contributed by atoms with Crippen LogP contribution in [0.5, 0.6) is 0 Å². The molecule has 0 aliphatic rings. The number of para-hydroxylation sites is 3. The predicted molar refractivity (Wildman–Crippen MR) is 309 cm³/mol. The van der Waals surface area contributed by atoms with E-state index in [9.17, 15) is 0 Å². The van der Waals surface area contributed by atoms with E-state index in [0.717, 1.165) is 89.5 Å². The van der Waals surface area contributed by atoms with Crippen molar-refractivity contribution in [3.63, 3.8) is 0 Å². The third kappa shape index (κ3) is 9.60. The Balaban J connectivity index is 0.000000191. The third-order valence-corrected chi connectivity index (χ3v) is 18.4. The predicted octanol–water partition coefficient (Wildman–Crippen LogP) is 18.2. The van der Waals surface area contributed by atoms with Crippen molar-refractivity contribution in [2.45, 2.75) is 77.1 Å². The smallest absolute Gasteiger partial charge is 0.121 e. The Morgan fingerprint density at radius 2 is 1.11 bits per heavy atom. The molecule has 7 heteroatoms. The van der Waals surface area contributed by atoms with Gasteiger partial charge in [0.25, 0.3) is 0 Å². The quantitative estimate of drug-likeness (QED) is 0.101. The number of benzene rings is 8. The number of pyridine rings is 1. The minimum atomic E-state index is -1.98. The van der Waals surface area contributed by atoms with E-state index in [2.05, 4.69) is 221 Å². The fraction of sp³-hybridized carbons (Fsp3) is 0.194. The van der Waals surface area contributed by atoms with E-state index in [4.69, 9.17) is 18.8 Å². The molecule has 12 aromatic rings. The van der Waals surface area contributed by atoms with Gasteiger partial charge in [-0.2, -0.15) is 0 Å². The van der Waals surface area contributed by atoms with Crippen molar-refractivity contribution in [3.8, 4) is 50.6 Å². The maximum Gasteiger partial charge on any atom is 0.121 e. The molecule has 0 aliphatic heterocycles. The number of rotatable bonds is 10. The zero-order chi connectivity index (χ0) is 50.5. The van der Waals surface area contributed by atoms with Crippen LogP contribution in [0.4, 0.5) is 0 Å². The molecule has 0 bridgehead atoms. The van der Waals surface area contributed by atoms with Gasteiger partial charge in [-0.15, -0.1) is 18.2 Å². The van der Waals surface area contributed by atoms with Crippen molar-refractivity contribution < 1.29 is 28.9 Å². The molecule has 5 nitrogen and oxygen atoms in total. The summed E-state index contributed by atoms with van der Waals surface area (Å²) in [5.41, 5.74) is 18.2. The van der Waals surface area contributed by atoms with Gasteiger partial charge in [0.15, 0.2) is 0 Å². The van der Waals surface area contributed by atoms with Crippen LogP contribution < -0.4 is 4.40 Å². The summed E-state index contributed by atoms with van der Waals surface area (Å²) in [6.07, 6.45) is 3.21. The SMILES string of the molecule is CC(C)Cc1cc(-c2[c-]ccc3c2oc2ccccc23)nc[c]1[Ge]([CH3])([CH3])[CH3].CC(C)c1cc(-c2ccccc2)cc(C(C)C)c1-n1c(-c2[c-]ccc3c2oc2cc(-c4ccccc4)ccc23)nc2ccccc21.[Ir]. The Labute approximate surface area is 451 Å². The van der Waals surface area contributed by atoms with Crippen molar-refractivity contribution in [3.05, 3.63) is 205 Å². The molecule has 4 heterocycles. The monoisotopic (exact) mass is 1210 g/mol. The van der Waals surface area contributed by atoms with Crippen LogP contribution in [0, 0.1) is 18.1 Å². The number of hydrogen-bond acceptors (Lipinski definition) is 4. The summed E-state index contributed by atoms with van der Waals surface area (Å²) in [5, 5.41) is 4.43. The first-order valence-corrected chi connectivity index (χ1v) is 33.1. The van der Waals surface area contributed by atoms with E-state index < -0.39 is 13.3 Å². The van der Waals surface area contributed by atoms with E-state index in [1.54, 1.807) is 0 Å².